The van der Waals surface area contributed by atoms with E-state index in [1.807, 2.05) is 0 Å². The van der Waals surface area contributed by atoms with Crippen LogP contribution in [0.5, 0.6) is 0 Å². The van der Waals surface area contributed by atoms with Gasteiger partial charge < -0.3 is 10.8 Å². The normalized spacial score (nSPS) is 15.7. The number of halogens is 3. The van der Waals surface area contributed by atoms with Gasteiger partial charge in [-0.25, -0.2) is 4.39 Å². The zero-order valence-electron chi connectivity index (χ0n) is 9.75. The van der Waals surface area contributed by atoms with Crippen molar-refractivity contribution >= 4 is 0 Å². The van der Waals surface area contributed by atoms with Crippen molar-refractivity contribution in [2.24, 2.45) is 5.73 Å². The molecule has 0 radical (unpaired) electrons. The molecule has 0 bridgehead atoms. The molecule has 0 amide bonds. The molecule has 17 heavy (non-hydrogen) atoms. The molecule has 1 rings (SSSR count). The minimum absolute atomic E-state index is 0.0190. The van der Waals surface area contributed by atoms with E-state index in [0.717, 1.165) is 6.07 Å². The van der Waals surface area contributed by atoms with Gasteiger partial charge in [-0.05, 0) is 19.4 Å². The molecule has 2 atom stereocenters. The van der Waals surface area contributed by atoms with E-state index < -0.39 is 29.4 Å². The predicted molar refractivity (Wildman–Crippen MR) is 59.2 cm³/mol. The zero-order valence-corrected chi connectivity index (χ0v) is 9.75. The Morgan fingerprint density at radius 1 is 1.41 bits per heavy atom. The molecule has 0 saturated carbocycles. The molecule has 3 N–H and O–H groups in total. The number of rotatable bonds is 4. The summed E-state index contributed by atoms with van der Waals surface area (Å²) >= 11 is 0. The van der Waals surface area contributed by atoms with Gasteiger partial charge in [-0.15, -0.1) is 0 Å². The van der Waals surface area contributed by atoms with Gasteiger partial charge in [-0.2, -0.15) is 8.78 Å². The fourth-order valence-electron chi connectivity index (χ4n) is 1.59. The second-order valence-electron chi connectivity index (χ2n) is 4.04. The Kier molecular flexibility index (Phi) is 4.16. The Bertz CT molecular complexity index is 393. The molecule has 1 aromatic carbocycles. The number of benzene rings is 1. The van der Waals surface area contributed by atoms with Crippen LogP contribution in [0, 0.1) is 5.82 Å². The van der Waals surface area contributed by atoms with Crippen LogP contribution in [0.1, 0.15) is 37.4 Å². The Morgan fingerprint density at radius 3 is 2.47 bits per heavy atom. The standard InChI is InChI=1S/C12H16F3NO/c1-3-10(17)12(14,15)9-6-4-5-8(7(2)16)11(9)13/h4-7,10,17H,3,16H2,1-2H3/t7-,10?/m1/s1. The van der Waals surface area contributed by atoms with E-state index in [1.165, 1.54) is 26.0 Å². The largest absolute Gasteiger partial charge is 0.386 e. The monoisotopic (exact) mass is 247 g/mol. The highest BCUT2D eigenvalue weighted by Gasteiger charge is 2.42. The third-order valence-corrected chi connectivity index (χ3v) is 2.68. The van der Waals surface area contributed by atoms with Gasteiger partial charge in [-0.1, -0.05) is 19.1 Å². The summed E-state index contributed by atoms with van der Waals surface area (Å²) in [5, 5.41) is 9.25. The van der Waals surface area contributed by atoms with Gasteiger partial charge >= 0.3 is 5.92 Å². The first kappa shape index (κ1) is 14.0. The Hall–Kier alpha value is -1.07. The van der Waals surface area contributed by atoms with E-state index in [1.54, 1.807) is 0 Å². The molecule has 5 heteroatoms. The number of hydrogen-bond acceptors (Lipinski definition) is 2. The summed E-state index contributed by atoms with van der Waals surface area (Å²) in [6.07, 6.45) is -2.06. The van der Waals surface area contributed by atoms with Crippen LogP contribution >= 0.6 is 0 Å². The van der Waals surface area contributed by atoms with Crippen LogP contribution in [0.15, 0.2) is 18.2 Å². The second-order valence-corrected chi connectivity index (χ2v) is 4.04. The van der Waals surface area contributed by atoms with Crippen molar-refractivity contribution in [3.63, 3.8) is 0 Å². The zero-order chi connectivity index (χ0) is 13.2. The van der Waals surface area contributed by atoms with Crippen molar-refractivity contribution in [3.05, 3.63) is 35.1 Å². The molecule has 2 nitrogen and oxygen atoms in total. The molecule has 0 aliphatic rings. The molecule has 0 spiro atoms. The van der Waals surface area contributed by atoms with Crippen molar-refractivity contribution in [1.29, 1.82) is 0 Å². The smallest absolute Gasteiger partial charge is 0.301 e. The number of aliphatic hydroxyl groups excluding tert-OH is 1. The topological polar surface area (TPSA) is 46.2 Å². The van der Waals surface area contributed by atoms with Crippen LogP contribution < -0.4 is 5.73 Å². The first-order valence-electron chi connectivity index (χ1n) is 5.42. The minimum Gasteiger partial charge on any atom is -0.386 e. The fourth-order valence-corrected chi connectivity index (χ4v) is 1.59. The Labute approximate surface area is 98.3 Å². The number of nitrogens with two attached hydrogens (primary N) is 1. The van der Waals surface area contributed by atoms with Gasteiger partial charge in [-0.3, -0.25) is 0 Å². The summed E-state index contributed by atoms with van der Waals surface area (Å²) in [5.74, 6) is -4.65. The van der Waals surface area contributed by atoms with Crippen LogP contribution in [-0.4, -0.2) is 11.2 Å². The van der Waals surface area contributed by atoms with Gasteiger partial charge in [0.2, 0.25) is 0 Å². The van der Waals surface area contributed by atoms with E-state index in [2.05, 4.69) is 0 Å². The van der Waals surface area contributed by atoms with Crippen molar-refractivity contribution in [2.45, 2.75) is 38.3 Å². The number of aliphatic hydroxyl groups is 1. The maximum atomic E-state index is 13.8. The molecule has 0 heterocycles. The van der Waals surface area contributed by atoms with Crippen molar-refractivity contribution in [3.8, 4) is 0 Å². The van der Waals surface area contributed by atoms with Gasteiger partial charge in [0.05, 0.1) is 5.56 Å². The van der Waals surface area contributed by atoms with Crippen LogP contribution in [0.2, 0.25) is 0 Å². The summed E-state index contributed by atoms with van der Waals surface area (Å²) in [6, 6.07) is 2.97. The minimum atomic E-state index is -3.61. The van der Waals surface area contributed by atoms with E-state index in [0.29, 0.717) is 0 Å². The highest BCUT2D eigenvalue weighted by atomic mass is 19.3. The third kappa shape index (κ3) is 2.61. The van der Waals surface area contributed by atoms with E-state index in [4.69, 9.17) is 5.73 Å². The van der Waals surface area contributed by atoms with Gasteiger partial charge in [0.25, 0.3) is 0 Å². The molecule has 1 aromatic rings. The van der Waals surface area contributed by atoms with Gasteiger partial charge in [0, 0.05) is 11.6 Å². The molecule has 0 fully saturated rings. The molecule has 0 saturated heterocycles. The average molecular weight is 247 g/mol. The summed E-state index contributed by atoms with van der Waals surface area (Å²) in [4.78, 5) is 0. The predicted octanol–water partition coefficient (Wildman–Crippen LogP) is 2.71. The molecule has 96 valence electrons. The molecular formula is C12H16F3NO. The Morgan fingerprint density at radius 2 is 2.00 bits per heavy atom. The lowest BCUT2D eigenvalue weighted by Gasteiger charge is -2.23. The van der Waals surface area contributed by atoms with Crippen molar-refractivity contribution in [1.82, 2.24) is 0 Å². The second kappa shape index (κ2) is 5.06. The summed E-state index contributed by atoms with van der Waals surface area (Å²) in [5.41, 5.74) is 4.70. The summed E-state index contributed by atoms with van der Waals surface area (Å²) in [7, 11) is 0. The lowest BCUT2D eigenvalue weighted by Crippen LogP contribution is -2.31. The molecular weight excluding hydrogens is 231 g/mol. The highest BCUT2D eigenvalue weighted by Crippen LogP contribution is 2.36. The van der Waals surface area contributed by atoms with E-state index in [9.17, 15) is 18.3 Å². The van der Waals surface area contributed by atoms with Gasteiger partial charge in [0.1, 0.15) is 11.9 Å². The van der Waals surface area contributed by atoms with Crippen LogP contribution in [0.4, 0.5) is 13.2 Å². The van der Waals surface area contributed by atoms with Gasteiger partial charge in [0.15, 0.2) is 0 Å². The van der Waals surface area contributed by atoms with Crippen LogP contribution in [-0.2, 0) is 5.92 Å². The molecule has 0 aromatic heterocycles. The van der Waals surface area contributed by atoms with E-state index >= 15 is 0 Å². The number of alkyl halides is 2. The summed E-state index contributed by atoms with van der Waals surface area (Å²) in [6.45, 7) is 2.92. The maximum Gasteiger partial charge on any atom is 0.301 e. The lowest BCUT2D eigenvalue weighted by molar-refractivity contribution is -0.118. The fraction of sp³-hybridized carbons (Fsp3) is 0.500. The molecule has 0 aliphatic heterocycles. The van der Waals surface area contributed by atoms with E-state index in [-0.39, 0.29) is 12.0 Å². The maximum absolute atomic E-state index is 13.8. The first-order valence-corrected chi connectivity index (χ1v) is 5.42. The Balaban J connectivity index is 3.27. The van der Waals surface area contributed by atoms with Crippen molar-refractivity contribution < 1.29 is 18.3 Å². The summed E-state index contributed by atoms with van der Waals surface area (Å²) < 4.78 is 41.3. The van der Waals surface area contributed by atoms with Crippen LogP contribution in [0.3, 0.4) is 0 Å². The highest BCUT2D eigenvalue weighted by molar-refractivity contribution is 5.31. The van der Waals surface area contributed by atoms with Crippen LogP contribution in [0.25, 0.3) is 0 Å². The molecule has 0 aliphatic carbocycles. The molecule has 1 unspecified atom stereocenters. The quantitative estimate of drug-likeness (QED) is 0.859. The van der Waals surface area contributed by atoms with Crippen molar-refractivity contribution in [2.75, 3.05) is 0 Å². The lowest BCUT2D eigenvalue weighted by atomic mass is 9.96. The number of hydrogen-bond donors (Lipinski definition) is 2. The third-order valence-electron chi connectivity index (χ3n) is 2.68. The average Bonchev–Trinajstić information content (AvgIpc) is 2.27. The first-order chi connectivity index (χ1) is 7.82. The SMILES string of the molecule is CCC(O)C(F)(F)c1cccc([C@@H](C)N)c1F.